The summed E-state index contributed by atoms with van der Waals surface area (Å²) in [6, 6.07) is 8.19. The van der Waals surface area contributed by atoms with E-state index in [0.717, 1.165) is 49.2 Å². The number of amides is 1. The molecule has 0 saturated carbocycles. The van der Waals surface area contributed by atoms with Crippen molar-refractivity contribution in [3.05, 3.63) is 47.3 Å². The maximum absolute atomic E-state index is 12.5. The lowest BCUT2D eigenvalue weighted by molar-refractivity contribution is 0.0944. The molecule has 1 aliphatic heterocycles. The Morgan fingerprint density at radius 2 is 2.30 bits per heavy atom. The Morgan fingerprint density at radius 1 is 1.44 bits per heavy atom. The second-order valence-electron chi connectivity index (χ2n) is 7.31. The fraction of sp³-hybridized carbons (Fsp3) is 0.524. The average molecular weight is 370 g/mol. The molecular formula is C21H30N4O2. The van der Waals surface area contributed by atoms with E-state index in [1.807, 2.05) is 36.0 Å². The summed E-state index contributed by atoms with van der Waals surface area (Å²) in [6.45, 7) is 8.57. The molecule has 6 heteroatoms. The van der Waals surface area contributed by atoms with E-state index in [2.05, 4.69) is 29.6 Å². The van der Waals surface area contributed by atoms with Gasteiger partial charge in [0.2, 0.25) is 0 Å². The van der Waals surface area contributed by atoms with Crippen LogP contribution in [0.15, 0.2) is 30.5 Å². The molecule has 2 aromatic rings. The third-order valence-corrected chi connectivity index (χ3v) is 5.05. The number of benzene rings is 1. The number of hydrogen-bond donors (Lipinski definition) is 2. The van der Waals surface area contributed by atoms with Gasteiger partial charge in [-0.25, -0.2) is 0 Å². The first kappa shape index (κ1) is 19.4. The molecule has 0 spiro atoms. The Labute approximate surface area is 161 Å². The van der Waals surface area contributed by atoms with Crippen molar-refractivity contribution in [2.75, 3.05) is 13.1 Å². The molecule has 0 aliphatic carbocycles. The van der Waals surface area contributed by atoms with Crippen molar-refractivity contribution in [2.45, 2.75) is 58.7 Å². The fourth-order valence-corrected chi connectivity index (χ4v) is 3.21. The molecule has 1 amide bonds. The van der Waals surface area contributed by atoms with Crippen LogP contribution in [-0.2, 0) is 6.54 Å². The van der Waals surface area contributed by atoms with E-state index < -0.39 is 0 Å². The van der Waals surface area contributed by atoms with Crippen molar-refractivity contribution < 1.29 is 9.53 Å². The molecule has 27 heavy (non-hydrogen) atoms. The molecule has 2 atom stereocenters. The number of carbonyl (C=O) groups excluding carboxylic acids is 1. The predicted octanol–water partition coefficient (Wildman–Crippen LogP) is 3.22. The summed E-state index contributed by atoms with van der Waals surface area (Å²) in [5.74, 6) is 0.677. The van der Waals surface area contributed by atoms with Gasteiger partial charge in [0.1, 0.15) is 11.4 Å². The van der Waals surface area contributed by atoms with Gasteiger partial charge in [0.05, 0.1) is 12.1 Å². The van der Waals surface area contributed by atoms with Gasteiger partial charge in [-0.2, -0.15) is 5.10 Å². The van der Waals surface area contributed by atoms with Crippen LogP contribution in [0.25, 0.3) is 0 Å². The molecule has 0 bridgehead atoms. The molecule has 0 radical (unpaired) electrons. The zero-order chi connectivity index (χ0) is 19.2. The quantitative estimate of drug-likeness (QED) is 0.785. The van der Waals surface area contributed by atoms with Crippen LogP contribution in [0.4, 0.5) is 0 Å². The van der Waals surface area contributed by atoms with Gasteiger partial charge < -0.3 is 15.4 Å². The lowest BCUT2D eigenvalue weighted by atomic mass is 10.1. The van der Waals surface area contributed by atoms with Gasteiger partial charge in [0.15, 0.2) is 0 Å². The Kier molecular flexibility index (Phi) is 6.50. The molecule has 1 aliphatic rings. The summed E-state index contributed by atoms with van der Waals surface area (Å²) in [7, 11) is 0. The van der Waals surface area contributed by atoms with Gasteiger partial charge in [-0.1, -0.05) is 19.1 Å². The van der Waals surface area contributed by atoms with Crippen LogP contribution >= 0.6 is 0 Å². The zero-order valence-electron chi connectivity index (χ0n) is 16.5. The molecule has 2 N–H and O–H groups in total. The SMILES string of the molecule is CCC(C)Oc1cc(C)ccc1CNC(=O)c1ccn(C2CCCNC2)n1. The monoisotopic (exact) mass is 370 g/mol. The van der Waals surface area contributed by atoms with Crippen molar-refractivity contribution >= 4 is 5.91 Å². The van der Waals surface area contributed by atoms with E-state index in [-0.39, 0.29) is 12.0 Å². The Balaban J connectivity index is 1.63. The van der Waals surface area contributed by atoms with Gasteiger partial charge in [0, 0.05) is 24.8 Å². The van der Waals surface area contributed by atoms with E-state index in [4.69, 9.17) is 4.74 Å². The Morgan fingerprint density at radius 3 is 3.04 bits per heavy atom. The van der Waals surface area contributed by atoms with Crippen molar-refractivity contribution in [2.24, 2.45) is 0 Å². The standard InChI is InChI=1S/C21H30N4O2/c1-4-16(3)27-20-12-15(2)7-8-17(20)13-23-21(26)19-9-11-25(24-19)18-6-5-10-22-14-18/h7-9,11-12,16,18,22H,4-6,10,13-14H2,1-3H3,(H,23,26). The molecule has 2 heterocycles. The van der Waals surface area contributed by atoms with E-state index >= 15 is 0 Å². The summed E-state index contributed by atoms with van der Waals surface area (Å²) in [6.07, 6.45) is 5.21. The zero-order valence-corrected chi connectivity index (χ0v) is 16.5. The first-order valence-electron chi connectivity index (χ1n) is 9.87. The molecule has 1 saturated heterocycles. The second kappa shape index (κ2) is 9.04. The maximum Gasteiger partial charge on any atom is 0.272 e. The number of ether oxygens (including phenoxy) is 1. The number of aromatic nitrogens is 2. The smallest absolute Gasteiger partial charge is 0.272 e. The molecule has 1 aromatic carbocycles. The largest absolute Gasteiger partial charge is 0.490 e. The maximum atomic E-state index is 12.5. The summed E-state index contributed by atoms with van der Waals surface area (Å²) < 4.78 is 7.93. The van der Waals surface area contributed by atoms with E-state index in [1.54, 1.807) is 6.07 Å². The van der Waals surface area contributed by atoms with Crippen molar-refractivity contribution in [3.8, 4) is 5.75 Å². The van der Waals surface area contributed by atoms with Crippen LogP contribution in [0.5, 0.6) is 5.75 Å². The molecule has 2 unspecified atom stereocenters. The Bertz CT molecular complexity index is 765. The van der Waals surface area contributed by atoms with Gasteiger partial charge in [-0.3, -0.25) is 9.48 Å². The van der Waals surface area contributed by atoms with Crippen LogP contribution in [-0.4, -0.2) is 34.9 Å². The number of nitrogens with one attached hydrogen (secondary N) is 2. The second-order valence-corrected chi connectivity index (χ2v) is 7.31. The number of piperidine rings is 1. The van der Waals surface area contributed by atoms with Crippen molar-refractivity contribution in [1.82, 2.24) is 20.4 Å². The number of nitrogens with zero attached hydrogens (tertiary/aromatic N) is 2. The minimum Gasteiger partial charge on any atom is -0.490 e. The average Bonchev–Trinajstić information content (AvgIpc) is 3.18. The van der Waals surface area contributed by atoms with Gasteiger partial charge in [-0.05, 0) is 57.4 Å². The third kappa shape index (κ3) is 5.10. The lowest BCUT2D eigenvalue weighted by Crippen LogP contribution is -2.32. The van der Waals surface area contributed by atoms with Crippen molar-refractivity contribution in [1.29, 1.82) is 0 Å². The van der Waals surface area contributed by atoms with Crippen LogP contribution < -0.4 is 15.4 Å². The van der Waals surface area contributed by atoms with E-state index in [0.29, 0.717) is 18.3 Å². The topological polar surface area (TPSA) is 68.2 Å². The molecular weight excluding hydrogens is 340 g/mol. The summed E-state index contributed by atoms with van der Waals surface area (Å²) in [5, 5.41) is 10.8. The highest BCUT2D eigenvalue weighted by Gasteiger charge is 2.18. The number of carbonyl (C=O) groups is 1. The number of hydrogen-bond acceptors (Lipinski definition) is 4. The number of aryl methyl sites for hydroxylation is 1. The molecule has 1 aromatic heterocycles. The summed E-state index contributed by atoms with van der Waals surface area (Å²) in [4.78, 5) is 12.5. The van der Waals surface area contributed by atoms with Crippen LogP contribution in [0.3, 0.4) is 0 Å². The minimum absolute atomic E-state index is 0.140. The normalized spacial score (nSPS) is 18.1. The summed E-state index contributed by atoms with van der Waals surface area (Å²) >= 11 is 0. The lowest BCUT2D eigenvalue weighted by Gasteiger charge is -2.22. The van der Waals surface area contributed by atoms with Crippen LogP contribution in [0, 0.1) is 6.92 Å². The van der Waals surface area contributed by atoms with Crippen LogP contribution in [0.1, 0.15) is 60.8 Å². The van der Waals surface area contributed by atoms with E-state index in [1.165, 1.54) is 0 Å². The fourth-order valence-electron chi connectivity index (χ4n) is 3.21. The van der Waals surface area contributed by atoms with Gasteiger partial charge >= 0.3 is 0 Å². The predicted molar refractivity (Wildman–Crippen MR) is 106 cm³/mol. The summed E-state index contributed by atoms with van der Waals surface area (Å²) in [5.41, 5.74) is 2.57. The van der Waals surface area contributed by atoms with E-state index in [9.17, 15) is 4.79 Å². The van der Waals surface area contributed by atoms with Crippen molar-refractivity contribution in [3.63, 3.8) is 0 Å². The minimum atomic E-state index is -0.160. The highest BCUT2D eigenvalue weighted by molar-refractivity contribution is 5.92. The van der Waals surface area contributed by atoms with Gasteiger partial charge in [0.25, 0.3) is 5.91 Å². The highest BCUT2D eigenvalue weighted by Crippen LogP contribution is 2.22. The molecule has 6 nitrogen and oxygen atoms in total. The third-order valence-electron chi connectivity index (χ3n) is 5.05. The molecule has 1 fully saturated rings. The first-order valence-corrected chi connectivity index (χ1v) is 9.87. The molecule has 3 rings (SSSR count). The Hall–Kier alpha value is -2.34. The first-order chi connectivity index (χ1) is 13.1. The molecule has 146 valence electrons. The van der Waals surface area contributed by atoms with Gasteiger partial charge in [-0.15, -0.1) is 0 Å². The van der Waals surface area contributed by atoms with Crippen LogP contribution in [0.2, 0.25) is 0 Å². The highest BCUT2D eigenvalue weighted by atomic mass is 16.5. The number of rotatable bonds is 7.